The zero-order valence-electron chi connectivity index (χ0n) is 11.0. The fourth-order valence-electron chi connectivity index (χ4n) is 2.29. The summed E-state index contributed by atoms with van der Waals surface area (Å²) >= 11 is 3.33. The number of hydrogen-bond donors (Lipinski definition) is 1. The second-order valence-electron chi connectivity index (χ2n) is 4.67. The molecule has 0 spiro atoms. The van der Waals surface area contributed by atoms with Gasteiger partial charge < -0.3 is 10.1 Å². The van der Waals surface area contributed by atoms with E-state index in [9.17, 15) is 4.79 Å². The van der Waals surface area contributed by atoms with Gasteiger partial charge in [-0.2, -0.15) is 5.10 Å². The van der Waals surface area contributed by atoms with Crippen LogP contribution in [0.1, 0.15) is 18.0 Å². The Morgan fingerprint density at radius 2 is 2.25 bits per heavy atom. The van der Waals surface area contributed by atoms with Crippen LogP contribution in [0.4, 0.5) is 5.69 Å². The van der Waals surface area contributed by atoms with E-state index in [4.69, 9.17) is 4.74 Å². The van der Waals surface area contributed by atoms with Crippen molar-refractivity contribution in [3.63, 3.8) is 0 Å². The average Bonchev–Trinajstić information content (AvgIpc) is 2.48. The lowest BCUT2D eigenvalue weighted by Crippen LogP contribution is -2.24. The molecule has 0 aliphatic carbocycles. The maximum atomic E-state index is 11.9. The van der Waals surface area contributed by atoms with Crippen LogP contribution in [0.25, 0.3) is 0 Å². The van der Waals surface area contributed by atoms with Crippen LogP contribution in [-0.2, 0) is 7.05 Å². The third-order valence-electron chi connectivity index (χ3n) is 3.37. The second kappa shape index (κ2) is 5.28. The molecule has 0 saturated heterocycles. The second-order valence-corrected chi connectivity index (χ2v) is 5.47. The summed E-state index contributed by atoms with van der Waals surface area (Å²) in [6, 6.07) is 8.05. The molecular formula is C14H14BrN3O2. The number of fused-ring (bicyclic) bond motifs is 1. The molecule has 0 amide bonds. The molecule has 0 bridgehead atoms. The summed E-state index contributed by atoms with van der Waals surface area (Å²) in [4.78, 5) is 11.9. The zero-order valence-corrected chi connectivity index (χ0v) is 12.6. The van der Waals surface area contributed by atoms with Gasteiger partial charge in [0, 0.05) is 19.0 Å². The van der Waals surface area contributed by atoms with E-state index in [0.29, 0.717) is 16.8 Å². The molecule has 1 unspecified atom stereocenters. The SMILES string of the molecule is Cn1ncc(NC2CCOc3ccccc32)c(Br)c1=O. The van der Waals surface area contributed by atoms with E-state index in [0.717, 1.165) is 17.7 Å². The van der Waals surface area contributed by atoms with Gasteiger partial charge >= 0.3 is 0 Å². The Kier molecular flexibility index (Phi) is 3.48. The van der Waals surface area contributed by atoms with Crippen molar-refractivity contribution in [2.24, 2.45) is 7.05 Å². The standard InChI is InChI=1S/C14H14BrN3O2/c1-18-14(19)13(15)11(8-16-18)17-10-6-7-20-12-5-3-2-4-9(10)12/h2-5,8,10,17H,6-7H2,1H3. The number of aryl methyl sites for hydroxylation is 1. The first-order valence-corrected chi connectivity index (χ1v) is 7.16. The van der Waals surface area contributed by atoms with Crippen LogP contribution in [0.5, 0.6) is 5.75 Å². The Morgan fingerprint density at radius 1 is 1.45 bits per heavy atom. The number of benzene rings is 1. The summed E-state index contributed by atoms with van der Waals surface area (Å²) in [7, 11) is 1.63. The predicted molar refractivity (Wildman–Crippen MR) is 80.1 cm³/mol. The van der Waals surface area contributed by atoms with Crippen LogP contribution >= 0.6 is 15.9 Å². The molecular weight excluding hydrogens is 322 g/mol. The molecule has 1 aliphatic rings. The quantitative estimate of drug-likeness (QED) is 0.915. The van der Waals surface area contributed by atoms with Gasteiger partial charge in [-0.05, 0) is 22.0 Å². The number of anilines is 1. The molecule has 104 valence electrons. The fourth-order valence-corrected chi connectivity index (χ4v) is 2.76. The Balaban J connectivity index is 1.94. The molecule has 5 nitrogen and oxygen atoms in total. The number of aromatic nitrogens is 2. The maximum absolute atomic E-state index is 11.9. The topological polar surface area (TPSA) is 56.1 Å². The highest BCUT2D eigenvalue weighted by Crippen LogP contribution is 2.34. The predicted octanol–water partition coefficient (Wildman–Crippen LogP) is 2.48. The summed E-state index contributed by atoms with van der Waals surface area (Å²) < 4.78 is 7.43. The Bertz CT molecular complexity index is 699. The average molecular weight is 336 g/mol. The van der Waals surface area contributed by atoms with Gasteiger partial charge in [-0.1, -0.05) is 18.2 Å². The third kappa shape index (κ3) is 2.31. The molecule has 0 saturated carbocycles. The minimum absolute atomic E-state index is 0.116. The van der Waals surface area contributed by atoms with Crippen molar-refractivity contribution >= 4 is 21.6 Å². The first kappa shape index (κ1) is 13.2. The number of para-hydroxylation sites is 1. The number of nitrogens with one attached hydrogen (secondary N) is 1. The van der Waals surface area contributed by atoms with E-state index in [2.05, 4.69) is 26.3 Å². The van der Waals surface area contributed by atoms with Crippen LogP contribution in [0.2, 0.25) is 0 Å². The van der Waals surface area contributed by atoms with Gasteiger partial charge in [-0.15, -0.1) is 0 Å². The lowest BCUT2D eigenvalue weighted by atomic mass is 10.0. The molecule has 3 rings (SSSR count). The van der Waals surface area contributed by atoms with Gasteiger partial charge in [0.15, 0.2) is 0 Å². The van der Waals surface area contributed by atoms with Gasteiger partial charge in [-0.3, -0.25) is 4.79 Å². The molecule has 0 fully saturated rings. The molecule has 0 radical (unpaired) electrons. The first-order chi connectivity index (χ1) is 9.66. The molecule has 1 aliphatic heterocycles. The van der Waals surface area contributed by atoms with Gasteiger partial charge in [0.25, 0.3) is 5.56 Å². The van der Waals surface area contributed by atoms with Gasteiger partial charge in [0.05, 0.1) is 24.5 Å². The summed E-state index contributed by atoms with van der Waals surface area (Å²) in [6.07, 6.45) is 2.50. The van der Waals surface area contributed by atoms with E-state index < -0.39 is 0 Å². The summed E-state index contributed by atoms with van der Waals surface area (Å²) in [6.45, 7) is 0.657. The van der Waals surface area contributed by atoms with E-state index in [1.807, 2.05) is 24.3 Å². The smallest absolute Gasteiger partial charge is 0.282 e. The number of ether oxygens (including phenoxy) is 1. The van der Waals surface area contributed by atoms with Gasteiger partial charge in [0.1, 0.15) is 10.2 Å². The van der Waals surface area contributed by atoms with E-state index in [1.54, 1.807) is 13.2 Å². The van der Waals surface area contributed by atoms with Crippen LogP contribution in [0, 0.1) is 0 Å². The van der Waals surface area contributed by atoms with Crippen molar-refractivity contribution < 1.29 is 4.74 Å². The molecule has 6 heteroatoms. The summed E-state index contributed by atoms with van der Waals surface area (Å²) in [5.41, 5.74) is 1.65. The molecule has 1 N–H and O–H groups in total. The molecule has 1 aromatic heterocycles. The van der Waals surface area contributed by atoms with Crippen molar-refractivity contribution in [2.75, 3.05) is 11.9 Å². The molecule has 1 atom stereocenters. The first-order valence-electron chi connectivity index (χ1n) is 6.37. The number of hydrogen-bond acceptors (Lipinski definition) is 4. The lowest BCUT2D eigenvalue weighted by molar-refractivity contribution is 0.274. The minimum atomic E-state index is -0.157. The fraction of sp³-hybridized carbons (Fsp3) is 0.286. The van der Waals surface area contributed by atoms with Crippen LogP contribution in [0.3, 0.4) is 0 Å². The molecule has 2 aromatic rings. The Labute approximate surface area is 124 Å². The highest BCUT2D eigenvalue weighted by Gasteiger charge is 2.22. The highest BCUT2D eigenvalue weighted by atomic mass is 79.9. The van der Waals surface area contributed by atoms with Gasteiger partial charge in [-0.25, -0.2) is 4.68 Å². The van der Waals surface area contributed by atoms with Gasteiger partial charge in [0.2, 0.25) is 0 Å². The van der Waals surface area contributed by atoms with Crippen molar-refractivity contribution in [1.29, 1.82) is 0 Å². The lowest BCUT2D eigenvalue weighted by Gasteiger charge is -2.27. The largest absolute Gasteiger partial charge is 0.493 e. The number of rotatable bonds is 2. The Morgan fingerprint density at radius 3 is 3.10 bits per heavy atom. The highest BCUT2D eigenvalue weighted by molar-refractivity contribution is 9.10. The Hall–Kier alpha value is -1.82. The van der Waals surface area contributed by atoms with Crippen molar-refractivity contribution in [1.82, 2.24) is 9.78 Å². The zero-order chi connectivity index (χ0) is 14.1. The normalized spacial score (nSPS) is 17.2. The number of nitrogens with zero attached hydrogens (tertiary/aromatic N) is 2. The van der Waals surface area contributed by atoms with Crippen molar-refractivity contribution in [2.45, 2.75) is 12.5 Å². The summed E-state index contributed by atoms with van der Waals surface area (Å²) in [5, 5.41) is 7.41. The summed E-state index contributed by atoms with van der Waals surface area (Å²) in [5.74, 6) is 0.893. The van der Waals surface area contributed by atoms with E-state index in [1.165, 1.54) is 4.68 Å². The third-order valence-corrected chi connectivity index (χ3v) is 4.13. The van der Waals surface area contributed by atoms with Crippen molar-refractivity contribution in [3.05, 3.63) is 50.9 Å². The molecule has 2 heterocycles. The van der Waals surface area contributed by atoms with E-state index in [-0.39, 0.29) is 11.6 Å². The van der Waals surface area contributed by atoms with Crippen LogP contribution in [-0.4, -0.2) is 16.4 Å². The van der Waals surface area contributed by atoms with Crippen molar-refractivity contribution in [3.8, 4) is 5.75 Å². The molecule has 20 heavy (non-hydrogen) atoms. The van der Waals surface area contributed by atoms with Crippen LogP contribution < -0.4 is 15.6 Å². The monoisotopic (exact) mass is 335 g/mol. The van der Waals surface area contributed by atoms with Crippen LogP contribution in [0.15, 0.2) is 39.7 Å². The van der Waals surface area contributed by atoms with E-state index >= 15 is 0 Å². The molecule has 1 aromatic carbocycles. The minimum Gasteiger partial charge on any atom is -0.493 e. The number of halogens is 1. The maximum Gasteiger partial charge on any atom is 0.282 e.